The lowest BCUT2D eigenvalue weighted by molar-refractivity contribution is 0.356. The quantitative estimate of drug-likeness (QED) is 0.655. The van der Waals surface area contributed by atoms with Gasteiger partial charge < -0.3 is 4.74 Å². The molecule has 1 heterocycles. The van der Waals surface area contributed by atoms with Crippen molar-refractivity contribution in [1.29, 1.82) is 0 Å². The van der Waals surface area contributed by atoms with Crippen LogP contribution in [0.4, 0.5) is 0 Å². The normalized spacial score (nSPS) is 16.8. The average Bonchev–Trinajstić information content (AvgIpc) is 2.49. The van der Waals surface area contributed by atoms with Gasteiger partial charge in [0.05, 0.1) is 6.61 Å². The maximum atomic E-state index is 11.1. The first-order valence-electron chi connectivity index (χ1n) is 3.86. The minimum atomic E-state index is -0.877. The molecule has 2 nitrogen and oxygen atoms in total. The number of fused-ring (bicyclic) bond motifs is 1. The Hall–Kier alpha value is -0.830. The molecule has 1 aromatic rings. The van der Waals surface area contributed by atoms with E-state index in [0.717, 1.165) is 23.7 Å². The van der Waals surface area contributed by atoms with Gasteiger partial charge in [-0.15, -0.1) is 0 Å². The second-order valence-electron chi connectivity index (χ2n) is 2.82. The number of rotatable bonds is 1. The van der Waals surface area contributed by atoms with Gasteiger partial charge in [-0.3, -0.25) is 4.21 Å². The molecule has 2 rings (SSSR count). The Bertz CT molecular complexity index is 333. The van der Waals surface area contributed by atoms with Gasteiger partial charge in [0.25, 0.3) is 0 Å². The smallest absolute Gasteiger partial charge is 0.122 e. The molecule has 0 bridgehead atoms. The van der Waals surface area contributed by atoms with E-state index in [1.165, 1.54) is 5.56 Å². The maximum absolute atomic E-state index is 11.1. The zero-order valence-corrected chi connectivity index (χ0v) is 7.69. The van der Waals surface area contributed by atoms with E-state index in [0.29, 0.717) is 0 Å². The van der Waals surface area contributed by atoms with Crippen molar-refractivity contribution in [1.82, 2.24) is 0 Å². The summed E-state index contributed by atoms with van der Waals surface area (Å²) in [6.07, 6.45) is 2.64. The molecule has 0 saturated heterocycles. The predicted molar refractivity (Wildman–Crippen MR) is 48.0 cm³/mol. The fourth-order valence-corrected chi connectivity index (χ4v) is 1.91. The second kappa shape index (κ2) is 2.90. The number of hydrogen-bond donors (Lipinski definition) is 0. The fraction of sp³-hybridized carbons (Fsp3) is 0.333. The minimum absolute atomic E-state index is 0.759. The molecule has 0 amide bonds. The molecule has 0 aromatic heterocycles. The average molecular weight is 182 g/mol. The van der Waals surface area contributed by atoms with Crippen molar-refractivity contribution < 1.29 is 8.95 Å². The predicted octanol–water partition coefficient (Wildman–Crippen LogP) is 1.36. The lowest BCUT2D eigenvalue weighted by Crippen LogP contribution is -1.88. The number of hydrogen-bond acceptors (Lipinski definition) is 2. The summed E-state index contributed by atoms with van der Waals surface area (Å²) in [5, 5.41) is 0. The van der Waals surface area contributed by atoms with Gasteiger partial charge in [-0.05, 0) is 23.8 Å². The molecule has 12 heavy (non-hydrogen) atoms. The third kappa shape index (κ3) is 1.25. The zero-order valence-electron chi connectivity index (χ0n) is 6.87. The molecule has 0 radical (unpaired) electrons. The molecule has 1 aliphatic heterocycles. The molecule has 3 heteroatoms. The van der Waals surface area contributed by atoms with Crippen LogP contribution in [0.25, 0.3) is 0 Å². The maximum Gasteiger partial charge on any atom is 0.122 e. The van der Waals surface area contributed by atoms with E-state index in [9.17, 15) is 4.21 Å². The lowest BCUT2D eigenvalue weighted by Gasteiger charge is -2.00. The molecule has 0 fully saturated rings. The van der Waals surface area contributed by atoms with Gasteiger partial charge in [-0.1, -0.05) is 0 Å². The van der Waals surface area contributed by atoms with Crippen LogP contribution in [0.2, 0.25) is 0 Å². The van der Waals surface area contributed by atoms with E-state index in [-0.39, 0.29) is 0 Å². The van der Waals surface area contributed by atoms with Crippen LogP contribution in [0.15, 0.2) is 23.1 Å². The van der Waals surface area contributed by atoms with Gasteiger partial charge in [0.2, 0.25) is 0 Å². The second-order valence-corrected chi connectivity index (χ2v) is 4.20. The van der Waals surface area contributed by atoms with Crippen molar-refractivity contribution >= 4 is 10.8 Å². The summed E-state index contributed by atoms with van der Waals surface area (Å²) in [5.74, 6) is 0.948. The first kappa shape index (κ1) is 7.80. The summed E-state index contributed by atoms with van der Waals surface area (Å²) >= 11 is 0. The standard InChI is InChI=1S/C9H10O2S/c1-12(10)8-2-3-9-7(6-8)4-5-11-9/h2-3,6H,4-5H2,1H3. The fourth-order valence-electron chi connectivity index (χ4n) is 1.34. The highest BCUT2D eigenvalue weighted by atomic mass is 32.2. The Kier molecular flexibility index (Phi) is 1.89. The van der Waals surface area contributed by atoms with Gasteiger partial charge in [-0.25, -0.2) is 0 Å². The van der Waals surface area contributed by atoms with Gasteiger partial charge in [0.15, 0.2) is 0 Å². The minimum Gasteiger partial charge on any atom is -0.493 e. The summed E-state index contributed by atoms with van der Waals surface area (Å²) < 4.78 is 16.4. The van der Waals surface area contributed by atoms with Gasteiger partial charge in [0, 0.05) is 28.4 Å². The Morgan fingerprint density at radius 3 is 3.08 bits per heavy atom. The number of benzene rings is 1. The molecule has 1 aliphatic rings. The largest absolute Gasteiger partial charge is 0.493 e. The van der Waals surface area contributed by atoms with E-state index >= 15 is 0 Å². The van der Waals surface area contributed by atoms with Gasteiger partial charge in [-0.2, -0.15) is 0 Å². The van der Waals surface area contributed by atoms with Crippen LogP contribution in [-0.4, -0.2) is 17.1 Å². The van der Waals surface area contributed by atoms with Crippen LogP contribution < -0.4 is 4.74 Å². The summed E-state index contributed by atoms with van der Waals surface area (Å²) in [5.41, 5.74) is 1.18. The van der Waals surface area contributed by atoms with Crippen molar-refractivity contribution in [2.75, 3.05) is 12.9 Å². The van der Waals surface area contributed by atoms with Crippen LogP contribution in [0, 0.1) is 0 Å². The Balaban J connectivity index is 2.45. The Morgan fingerprint density at radius 2 is 2.33 bits per heavy atom. The van der Waals surface area contributed by atoms with E-state index in [4.69, 9.17) is 4.74 Å². The molecule has 0 N–H and O–H groups in total. The molecular formula is C9H10O2S. The van der Waals surface area contributed by atoms with Crippen LogP contribution in [0.1, 0.15) is 5.56 Å². The van der Waals surface area contributed by atoms with Crippen LogP contribution in [0.5, 0.6) is 5.75 Å². The van der Waals surface area contributed by atoms with Crippen molar-refractivity contribution in [3.8, 4) is 5.75 Å². The van der Waals surface area contributed by atoms with Crippen LogP contribution in [0.3, 0.4) is 0 Å². The van der Waals surface area contributed by atoms with Gasteiger partial charge >= 0.3 is 0 Å². The SMILES string of the molecule is CS(=O)c1ccc2c(c1)CCO2. The molecule has 64 valence electrons. The highest BCUT2D eigenvalue weighted by Crippen LogP contribution is 2.26. The molecule has 0 spiro atoms. The third-order valence-corrected chi connectivity index (χ3v) is 2.91. The van der Waals surface area contributed by atoms with Crippen molar-refractivity contribution in [3.05, 3.63) is 23.8 Å². The Morgan fingerprint density at radius 1 is 1.50 bits per heavy atom. The van der Waals surface area contributed by atoms with Crippen molar-refractivity contribution in [3.63, 3.8) is 0 Å². The summed E-state index contributed by atoms with van der Waals surface area (Å²) in [4.78, 5) is 0.888. The summed E-state index contributed by atoms with van der Waals surface area (Å²) in [6.45, 7) is 0.759. The molecule has 0 saturated carbocycles. The van der Waals surface area contributed by atoms with Gasteiger partial charge in [0.1, 0.15) is 5.75 Å². The van der Waals surface area contributed by atoms with Crippen molar-refractivity contribution in [2.24, 2.45) is 0 Å². The first-order valence-corrected chi connectivity index (χ1v) is 5.42. The summed E-state index contributed by atoms with van der Waals surface area (Å²) in [7, 11) is -0.877. The van der Waals surface area contributed by atoms with E-state index in [1.807, 2.05) is 18.2 Å². The van der Waals surface area contributed by atoms with E-state index in [2.05, 4.69) is 0 Å². The molecule has 1 atom stereocenters. The molecule has 0 aliphatic carbocycles. The van der Waals surface area contributed by atoms with E-state index < -0.39 is 10.8 Å². The highest BCUT2D eigenvalue weighted by Gasteiger charge is 2.12. The third-order valence-electron chi connectivity index (χ3n) is 1.99. The number of ether oxygens (including phenoxy) is 1. The zero-order chi connectivity index (χ0) is 8.55. The molecular weight excluding hydrogens is 172 g/mol. The van der Waals surface area contributed by atoms with Crippen molar-refractivity contribution in [2.45, 2.75) is 11.3 Å². The molecule has 1 aromatic carbocycles. The topological polar surface area (TPSA) is 26.3 Å². The van der Waals surface area contributed by atoms with Crippen LogP contribution in [-0.2, 0) is 17.2 Å². The first-order chi connectivity index (χ1) is 5.77. The highest BCUT2D eigenvalue weighted by molar-refractivity contribution is 7.84. The van der Waals surface area contributed by atoms with E-state index in [1.54, 1.807) is 6.26 Å². The monoisotopic (exact) mass is 182 g/mol. The Labute approximate surface area is 74.0 Å². The summed E-state index contributed by atoms with van der Waals surface area (Å²) in [6, 6.07) is 5.73. The van der Waals surface area contributed by atoms with Crippen LogP contribution >= 0.6 is 0 Å². The lowest BCUT2D eigenvalue weighted by atomic mass is 10.2. The molecule has 1 unspecified atom stereocenters.